The lowest BCUT2D eigenvalue weighted by molar-refractivity contribution is 0.146. The molecule has 0 fully saturated rings. The van der Waals surface area contributed by atoms with E-state index in [1.54, 1.807) is 0 Å². The van der Waals surface area contributed by atoms with Crippen LogP contribution in [0.2, 0.25) is 5.02 Å². The number of hydrogen-bond donors (Lipinski definition) is 1. The molecule has 0 unspecified atom stereocenters. The zero-order chi connectivity index (χ0) is 6.85. The number of nitrogens with zero attached hydrogens (tertiary/aromatic N) is 1. The van der Waals surface area contributed by atoms with E-state index < -0.39 is 6.43 Å². The average molecular weight is 153 g/mol. The van der Waals surface area contributed by atoms with Crippen LogP contribution in [-0.4, -0.2) is 10.2 Å². The van der Waals surface area contributed by atoms with Gasteiger partial charge in [-0.3, -0.25) is 5.10 Å². The van der Waals surface area contributed by atoms with Crippen LogP contribution in [0.25, 0.3) is 0 Å². The van der Waals surface area contributed by atoms with Crippen LogP contribution in [0, 0.1) is 0 Å². The molecular formula is C4H3ClF2N2. The van der Waals surface area contributed by atoms with Gasteiger partial charge in [0.1, 0.15) is 5.69 Å². The lowest BCUT2D eigenvalue weighted by atomic mass is 10.5. The van der Waals surface area contributed by atoms with Gasteiger partial charge in [0.2, 0.25) is 0 Å². The second kappa shape index (κ2) is 2.31. The Bertz CT molecular complexity index is 198. The van der Waals surface area contributed by atoms with Gasteiger partial charge in [0.25, 0.3) is 6.43 Å². The van der Waals surface area contributed by atoms with Crippen LogP contribution in [0.4, 0.5) is 8.78 Å². The number of halogens is 3. The molecule has 0 aliphatic carbocycles. The molecule has 0 aromatic carbocycles. The van der Waals surface area contributed by atoms with Gasteiger partial charge >= 0.3 is 0 Å². The van der Waals surface area contributed by atoms with Crippen molar-refractivity contribution in [2.24, 2.45) is 0 Å². The van der Waals surface area contributed by atoms with Gasteiger partial charge in [-0.2, -0.15) is 5.10 Å². The molecule has 0 saturated heterocycles. The molecule has 0 aliphatic rings. The van der Waals surface area contributed by atoms with Crippen molar-refractivity contribution in [2.75, 3.05) is 0 Å². The van der Waals surface area contributed by atoms with E-state index in [0.717, 1.165) is 6.20 Å². The fourth-order valence-corrected chi connectivity index (χ4v) is 0.608. The SMILES string of the molecule is FC(F)c1[nH]ncc1Cl. The summed E-state index contributed by atoms with van der Waals surface area (Å²) in [5.74, 6) is 0. The number of H-pyrrole nitrogens is 1. The summed E-state index contributed by atoms with van der Waals surface area (Å²) in [5, 5.41) is 5.36. The van der Waals surface area contributed by atoms with Crippen molar-refractivity contribution < 1.29 is 8.78 Å². The number of hydrogen-bond acceptors (Lipinski definition) is 1. The molecule has 1 N–H and O–H groups in total. The summed E-state index contributed by atoms with van der Waals surface area (Å²) in [6.07, 6.45) is -1.43. The van der Waals surface area contributed by atoms with Gasteiger partial charge in [-0.1, -0.05) is 11.6 Å². The van der Waals surface area contributed by atoms with Crippen molar-refractivity contribution in [1.82, 2.24) is 10.2 Å². The van der Waals surface area contributed by atoms with E-state index in [9.17, 15) is 8.78 Å². The summed E-state index contributed by atoms with van der Waals surface area (Å²) in [6, 6.07) is 0. The standard InChI is InChI=1S/C4H3ClF2N2/c5-2-1-8-9-3(2)4(6)7/h1,4H,(H,8,9). The van der Waals surface area contributed by atoms with E-state index in [1.165, 1.54) is 0 Å². The molecule has 9 heavy (non-hydrogen) atoms. The van der Waals surface area contributed by atoms with E-state index >= 15 is 0 Å². The third-order valence-corrected chi connectivity index (χ3v) is 1.14. The highest BCUT2D eigenvalue weighted by atomic mass is 35.5. The smallest absolute Gasteiger partial charge is 0.275 e. The molecule has 0 aliphatic heterocycles. The maximum Gasteiger partial charge on any atom is 0.281 e. The molecule has 1 aromatic heterocycles. The first kappa shape index (κ1) is 6.48. The van der Waals surface area contributed by atoms with Crippen LogP contribution in [0.1, 0.15) is 12.1 Å². The summed E-state index contributed by atoms with van der Waals surface area (Å²) in [4.78, 5) is 0. The predicted octanol–water partition coefficient (Wildman–Crippen LogP) is 2.00. The average Bonchev–Trinajstić information content (AvgIpc) is 2.13. The van der Waals surface area contributed by atoms with Gasteiger partial charge in [-0.25, -0.2) is 8.78 Å². The molecule has 1 heterocycles. The van der Waals surface area contributed by atoms with E-state index in [2.05, 4.69) is 10.2 Å². The quantitative estimate of drug-likeness (QED) is 0.655. The Morgan fingerprint density at radius 1 is 1.67 bits per heavy atom. The Balaban J connectivity index is 2.94. The number of aromatic amines is 1. The van der Waals surface area contributed by atoms with Crippen molar-refractivity contribution in [2.45, 2.75) is 6.43 Å². The van der Waals surface area contributed by atoms with Gasteiger partial charge in [0.15, 0.2) is 0 Å². The van der Waals surface area contributed by atoms with E-state index in [1.807, 2.05) is 0 Å². The lowest BCUT2D eigenvalue weighted by Gasteiger charge is -1.91. The van der Waals surface area contributed by atoms with Crippen LogP contribution in [0.15, 0.2) is 6.20 Å². The molecule has 50 valence electrons. The van der Waals surface area contributed by atoms with Crippen LogP contribution in [-0.2, 0) is 0 Å². The number of aromatic nitrogens is 2. The molecule has 5 heteroatoms. The Kier molecular flexibility index (Phi) is 1.66. The number of alkyl halides is 2. The molecule has 1 rings (SSSR count). The Labute approximate surface area is 54.8 Å². The Hall–Kier alpha value is -0.640. The van der Waals surface area contributed by atoms with Gasteiger partial charge in [-0.15, -0.1) is 0 Å². The summed E-state index contributed by atoms with van der Waals surface area (Å²) in [6.45, 7) is 0. The summed E-state index contributed by atoms with van der Waals surface area (Å²) in [7, 11) is 0. The maximum absolute atomic E-state index is 11.7. The fraction of sp³-hybridized carbons (Fsp3) is 0.250. The second-order valence-corrected chi connectivity index (χ2v) is 1.84. The first-order valence-corrected chi connectivity index (χ1v) is 2.56. The first-order chi connectivity index (χ1) is 4.22. The summed E-state index contributed by atoms with van der Waals surface area (Å²) in [5.41, 5.74) is -0.323. The highest BCUT2D eigenvalue weighted by Crippen LogP contribution is 2.23. The van der Waals surface area contributed by atoms with Crippen molar-refractivity contribution in [1.29, 1.82) is 0 Å². The first-order valence-electron chi connectivity index (χ1n) is 2.18. The largest absolute Gasteiger partial charge is 0.281 e. The monoisotopic (exact) mass is 152 g/mol. The zero-order valence-corrected chi connectivity index (χ0v) is 4.99. The van der Waals surface area contributed by atoms with E-state index in [0.29, 0.717) is 0 Å². The minimum absolute atomic E-state index is 0.0231. The molecule has 0 spiro atoms. The Morgan fingerprint density at radius 2 is 2.33 bits per heavy atom. The van der Waals surface area contributed by atoms with Gasteiger partial charge in [0.05, 0.1) is 11.2 Å². The molecular weight excluding hydrogens is 150 g/mol. The molecule has 0 bridgehead atoms. The molecule has 0 atom stereocenters. The topological polar surface area (TPSA) is 28.7 Å². The summed E-state index contributed by atoms with van der Waals surface area (Å²) < 4.78 is 23.4. The van der Waals surface area contributed by atoms with Gasteiger partial charge in [-0.05, 0) is 0 Å². The van der Waals surface area contributed by atoms with Crippen LogP contribution in [0.5, 0.6) is 0 Å². The molecule has 0 saturated carbocycles. The number of nitrogens with one attached hydrogen (secondary N) is 1. The molecule has 1 aromatic rings. The number of rotatable bonds is 1. The normalized spacial score (nSPS) is 10.7. The minimum atomic E-state index is -2.57. The van der Waals surface area contributed by atoms with Crippen LogP contribution in [0.3, 0.4) is 0 Å². The third kappa shape index (κ3) is 1.18. The third-order valence-electron chi connectivity index (χ3n) is 0.838. The van der Waals surface area contributed by atoms with Gasteiger partial charge < -0.3 is 0 Å². The highest BCUT2D eigenvalue weighted by Gasteiger charge is 2.12. The summed E-state index contributed by atoms with van der Waals surface area (Å²) >= 11 is 5.26. The van der Waals surface area contributed by atoms with Crippen molar-refractivity contribution in [3.8, 4) is 0 Å². The van der Waals surface area contributed by atoms with E-state index in [4.69, 9.17) is 11.6 Å². The van der Waals surface area contributed by atoms with Crippen molar-refractivity contribution in [3.63, 3.8) is 0 Å². The van der Waals surface area contributed by atoms with E-state index in [-0.39, 0.29) is 10.7 Å². The molecule has 2 nitrogen and oxygen atoms in total. The minimum Gasteiger partial charge on any atom is -0.275 e. The molecule has 0 radical (unpaired) electrons. The maximum atomic E-state index is 11.7. The Morgan fingerprint density at radius 3 is 2.56 bits per heavy atom. The van der Waals surface area contributed by atoms with Crippen molar-refractivity contribution >= 4 is 11.6 Å². The highest BCUT2D eigenvalue weighted by molar-refractivity contribution is 6.31. The second-order valence-electron chi connectivity index (χ2n) is 1.43. The van der Waals surface area contributed by atoms with Gasteiger partial charge in [0, 0.05) is 0 Å². The molecule has 0 amide bonds. The predicted molar refractivity (Wildman–Crippen MR) is 28.6 cm³/mol. The van der Waals surface area contributed by atoms with Crippen LogP contribution >= 0.6 is 11.6 Å². The lowest BCUT2D eigenvalue weighted by Crippen LogP contribution is -1.83. The van der Waals surface area contributed by atoms with Crippen LogP contribution < -0.4 is 0 Å². The fourth-order valence-electron chi connectivity index (χ4n) is 0.434. The van der Waals surface area contributed by atoms with Crippen molar-refractivity contribution in [3.05, 3.63) is 16.9 Å². The zero-order valence-electron chi connectivity index (χ0n) is 4.24.